The lowest BCUT2D eigenvalue weighted by Gasteiger charge is -2.09. The van der Waals surface area contributed by atoms with Crippen LogP contribution < -0.4 is 10.4 Å². The maximum atomic E-state index is 14.6. The van der Waals surface area contributed by atoms with Crippen LogP contribution in [0.3, 0.4) is 0 Å². The highest BCUT2D eigenvalue weighted by molar-refractivity contribution is 5.83. The minimum absolute atomic E-state index is 0.0386. The summed E-state index contributed by atoms with van der Waals surface area (Å²) in [6, 6.07) is 5.04. The van der Waals surface area contributed by atoms with Crippen LogP contribution in [0.1, 0.15) is 51.2 Å². The molecule has 0 fully saturated rings. The summed E-state index contributed by atoms with van der Waals surface area (Å²) >= 11 is 0. The molecule has 2 rings (SSSR count). The highest BCUT2D eigenvalue weighted by Gasteiger charge is 2.14. The van der Waals surface area contributed by atoms with Crippen LogP contribution in [-0.4, -0.2) is 6.61 Å². The summed E-state index contributed by atoms with van der Waals surface area (Å²) in [5, 5.41) is 0.508. The smallest absolute Gasteiger partial charge is 0.346 e. The number of halogens is 1. The van der Waals surface area contributed by atoms with Crippen molar-refractivity contribution in [2.24, 2.45) is 0 Å². The molecule has 0 aliphatic rings. The van der Waals surface area contributed by atoms with E-state index >= 15 is 0 Å². The average Bonchev–Trinajstić information content (AvgIpc) is 2.63. The van der Waals surface area contributed by atoms with E-state index in [4.69, 9.17) is 9.15 Å². The number of benzene rings is 1. The van der Waals surface area contributed by atoms with Crippen molar-refractivity contribution in [3.05, 3.63) is 65.0 Å². The molecule has 1 aromatic heterocycles. The van der Waals surface area contributed by atoms with Gasteiger partial charge in [-0.2, -0.15) is 0 Å². The molecule has 0 aliphatic carbocycles. The van der Waals surface area contributed by atoms with Gasteiger partial charge in [-0.25, -0.2) is 9.18 Å². The largest absolute Gasteiger partial charge is 0.490 e. The molecule has 0 unspecified atom stereocenters. The van der Waals surface area contributed by atoms with Crippen molar-refractivity contribution < 1.29 is 13.5 Å². The fourth-order valence-corrected chi connectivity index (χ4v) is 2.72. The van der Waals surface area contributed by atoms with Crippen LogP contribution in [0.15, 0.2) is 52.2 Å². The molecular formula is C22H27FO3. The normalized spacial score (nSPS) is 11.3. The van der Waals surface area contributed by atoms with Crippen LogP contribution in [0.25, 0.3) is 10.8 Å². The van der Waals surface area contributed by atoms with Crippen LogP contribution in [0.2, 0.25) is 0 Å². The van der Waals surface area contributed by atoms with Crippen molar-refractivity contribution in [3.8, 4) is 5.75 Å². The van der Waals surface area contributed by atoms with Gasteiger partial charge >= 0.3 is 5.63 Å². The van der Waals surface area contributed by atoms with Crippen LogP contribution >= 0.6 is 0 Å². The van der Waals surface area contributed by atoms with Gasteiger partial charge in [0, 0.05) is 6.42 Å². The van der Waals surface area contributed by atoms with E-state index in [0.717, 1.165) is 38.5 Å². The van der Waals surface area contributed by atoms with Gasteiger partial charge in [0.15, 0.2) is 11.6 Å². The minimum Gasteiger partial charge on any atom is -0.490 e. The van der Waals surface area contributed by atoms with E-state index in [1.165, 1.54) is 0 Å². The number of fused-ring (bicyclic) bond motifs is 1. The number of aryl methyl sites for hydroxylation is 1. The maximum absolute atomic E-state index is 14.6. The van der Waals surface area contributed by atoms with E-state index in [2.05, 4.69) is 25.7 Å². The van der Waals surface area contributed by atoms with Crippen molar-refractivity contribution in [2.75, 3.05) is 6.61 Å². The minimum atomic E-state index is -0.648. The van der Waals surface area contributed by atoms with Crippen LogP contribution in [0, 0.1) is 5.82 Å². The molecule has 1 aromatic carbocycles. The van der Waals surface area contributed by atoms with Gasteiger partial charge in [0.05, 0.1) is 6.61 Å². The molecule has 1 heterocycles. The second-order valence-corrected chi connectivity index (χ2v) is 6.27. The molecule has 0 bridgehead atoms. The van der Waals surface area contributed by atoms with Crippen LogP contribution in [0.5, 0.6) is 5.75 Å². The van der Waals surface area contributed by atoms with Gasteiger partial charge in [0.25, 0.3) is 0 Å². The molecule has 0 atom stereocenters. The Kier molecular flexibility index (Phi) is 8.13. The highest BCUT2D eigenvalue weighted by Crippen LogP contribution is 2.25. The van der Waals surface area contributed by atoms with E-state index in [0.29, 0.717) is 24.2 Å². The predicted molar refractivity (Wildman–Crippen MR) is 104 cm³/mol. The van der Waals surface area contributed by atoms with Crippen LogP contribution in [-0.2, 0) is 6.42 Å². The Bertz CT molecular complexity index is 805. The fraction of sp³-hybridized carbons (Fsp3) is 0.409. The maximum Gasteiger partial charge on any atom is 0.346 e. The third-order valence-electron chi connectivity index (χ3n) is 4.15. The number of ether oxygens (including phenoxy) is 1. The Morgan fingerprint density at radius 3 is 2.77 bits per heavy atom. The standard InChI is InChI=1S/C22H27FO3/c1-3-5-7-8-9-10-12-18-16-17-13-14-19(25-15-11-6-4-2)21(23)20(17)22(24)26-18/h3,8-9,13-14,16H,1,4-7,10-12,15H2,2H3/b9-8+. The summed E-state index contributed by atoms with van der Waals surface area (Å²) in [4.78, 5) is 12.2. The van der Waals surface area contributed by atoms with Gasteiger partial charge in [-0.3, -0.25) is 0 Å². The van der Waals surface area contributed by atoms with Crippen molar-refractivity contribution in [1.29, 1.82) is 0 Å². The summed E-state index contributed by atoms with van der Waals surface area (Å²) in [5.74, 6) is 0.0364. The lowest BCUT2D eigenvalue weighted by atomic mass is 10.1. The van der Waals surface area contributed by atoms with E-state index in [1.54, 1.807) is 18.2 Å². The summed E-state index contributed by atoms with van der Waals surface area (Å²) < 4.78 is 25.4. The molecule has 0 amide bonds. The quantitative estimate of drug-likeness (QED) is 0.368. The molecule has 3 nitrogen and oxygen atoms in total. The lowest BCUT2D eigenvalue weighted by molar-refractivity contribution is 0.292. The molecule has 0 spiro atoms. The zero-order valence-electron chi connectivity index (χ0n) is 15.4. The molecule has 0 saturated heterocycles. The van der Waals surface area contributed by atoms with Crippen molar-refractivity contribution in [2.45, 2.75) is 51.9 Å². The molecule has 4 heteroatoms. The number of hydrogen-bond donors (Lipinski definition) is 0. The molecule has 140 valence electrons. The SMILES string of the molecule is C=CCC/C=C/CCc1cc2ccc(OCCCCC)c(F)c2c(=O)o1. The number of allylic oxidation sites excluding steroid dienone is 3. The average molecular weight is 358 g/mol. The second kappa shape index (κ2) is 10.6. The first-order valence-corrected chi connectivity index (χ1v) is 9.31. The summed E-state index contributed by atoms with van der Waals surface area (Å²) in [5.41, 5.74) is -0.648. The third kappa shape index (κ3) is 5.58. The number of hydrogen-bond acceptors (Lipinski definition) is 3. The summed E-state index contributed by atoms with van der Waals surface area (Å²) in [7, 11) is 0. The van der Waals surface area contributed by atoms with Crippen molar-refractivity contribution in [3.63, 3.8) is 0 Å². The second-order valence-electron chi connectivity index (χ2n) is 6.27. The summed E-state index contributed by atoms with van der Waals surface area (Å²) in [6.07, 6.45) is 12.3. The fourth-order valence-electron chi connectivity index (χ4n) is 2.72. The summed E-state index contributed by atoms with van der Waals surface area (Å²) in [6.45, 7) is 6.22. The van der Waals surface area contributed by atoms with E-state index < -0.39 is 11.4 Å². The molecule has 2 aromatic rings. The molecule has 0 aliphatic heterocycles. The zero-order chi connectivity index (χ0) is 18.8. The van der Waals surface area contributed by atoms with Gasteiger partial charge in [-0.1, -0.05) is 44.1 Å². The van der Waals surface area contributed by atoms with E-state index in [9.17, 15) is 9.18 Å². The monoisotopic (exact) mass is 358 g/mol. The first-order valence-electron chi connectivity index (χ1n) is 9.31. The molecule has 0 saturated carbocycles. The van der Waals surface area contributed by atoms with E-state index in [-0.39, 0.29) is 11.1 Å². The lowest BCUT2D eigenvalue weighted by Crippen LogP contribution is -2.07. The van der Waals surface area contributed by atoms with Gasteiger partial charge < -0.3 is 9.15 Å². The Labute approximate surface area is 154 Å². The number of rotatable bonds is 11. The molecular weight excluding hydrogens is 331 g/mol. The van der Waals surface area contributed by atoms with Crippen LogP contribution in [0.4, 0.5) is 4.39 Å². The molecule has 0 radical (unpaired) electrons. The Balaban J connectivity index is 2.09. The Hall–Kier alpha value is -2.36. The Morgan fingerprint density at radius 2 is 2.00 bits per heavy atom. The van der Waals surface area contributed by atoms with Gasteiger partial charge in [-0.05, 0) is 43.2 Å². The van der Waals surface area contributed by atoms with Crippen molar-refractivity contribution >= 4 is 10.8 Å². The number of unbranched alkanes of at least 4 members (excludes halogenated alkanes) is 3. The molecule has 26 heavy (non-hydrogen) atoms. The van der Waals surface area contributed by atoms with Gasteiger partial charge in [-0.15, -0.1) is 6.58 Å². The van der Waals surface area contributed by atoms with Gasteiger partial charge in [0.1, 0.15) is 11.1 Å². The first kappa shape index (κ1) is 20.0. The zero-order valence-corrected chi connectivity index (χ0v) is 15.4. The highest BCUT2D eigenvalue weighted by atomic mass is 19.1. The topological polar surface area (TPSA) is 39.4 Å². The van der Waals surface area contributed by atoms with Crippen molar-refractivity contribution in [1.82, 2.24) is 0 Å². The predicted octanol–water partition coefficient (Wildman–Crippen LogP) is 5.96. The van der Waals surface area contributed by atoms with Gasteiger partial charge in [0.2, 0.25) is 0 Å². The van der Waals surface area contributed by atoms with E-state index in [1.807, 2.05) is 6.08 Å². The Morgan fingerprint density at radius 1 is 1.19 bits per heavy atom. The third-order valence-corrected chi connectivity index (χ3v) is 4.15. The molecule has 0 N–H and O–H groups in total. The first-order chi connectivity index (χ1) is 12.7.